The summed E-state index contributed by atoms with van der Waals surface area (Å²) in [6.07, 6.45) is 6.22. The summed E-state index contributed by atoms with van der Waals surface area (Å²) in [6.45, 7) is 2.09. The van der Waals surface area contributed by atoms with Crippen LogP contribution >= 0.6 is 11.8 Å². The Balaban J connectivity index is 3.66. The molecule has 2 heteroatoms. The second-order valence-corrected chi connectivity index (χ2v) is 2.29. The SMILES string of the molecule is CC/C(=C\C=N)SC. The lowest BCUT2D eigenvalue weighted by atomic mass is 10.4. The van der Waals surface area contributed by atoms with E-state index in [9.17, 15) is 0 Å². The van der Waals surface area contributed by atoms with E-state index in [1.54, 1.807) is 11.8 Å². The first-order valence-electron chi connectivity index (χ1n) is 2.58. The second-order valence-electron chi connectivity index (χ2n) is 1.36. The molecule has 0 heterocycles. The molecule has 0 aliphatic carbocycles. The maximum atomic E-state index is 6.72. The van der Waals surface area contributed by atoms with E-state index >= 15 is 0 Å². The summed E-state index contributed by atoms with van der Waals surface area (Å²) in [6, 6.07) is 0. The van der Waals surface area contributed by atoms with Gasteiger partial charge in [-0.15, -0.1) is 11.8 Å². The van der Waals surface area contributed by atoms with Crippen LogP contribution in [0.4, 0.5) is 0 Å². The van der Waals surface area contributed by atoms with Crippen LogP contribution in [0.15, 0.2) is 11.0 Å². The van der Waals surface area contributed by atoms with Gasteiger partial charge in [0.2, 0.25) is 0 Å². The number of hydrogen-bond donors (Lipinski definition) is 1. The van der Waals surface area contributed by atoms with Crippen LogP contribution in [0.5, 0.6) is 0 Å². The van der Waals surface area contributed by atoms with Crippen molar-refractivity contribution < 1.29 is 0 Å². The highest BCUT2D eigenvalue weighted by Gasteiger charge is 1.84. The molecule has 46 valence electrons. The predicted octanol–water partition coefficient (Wildman–Crippen LogP) is 2.29. The van der Waals surface area contributed by atoms with Crippen molar-refractivity contribution in [3.8, 4) is 0 Å². The van der Waals surface area contributed by atoms with Crippen molar-refractivity contribution in [3.63, 3.8) is 0 Å². The zero-order chi connectivity index (χ0) is 6.41. The van der Waals surface area contributed by atoms with Gasteiger partial charge in [-0.1, -0.05) is 6.92 Å². The van der Waals surface area contributed by atoms with E-state index in [4.69, 9.17) is 5.41 Å². The van der Waals surface area contributed by atoms with E-state index in [2.05, 4.69) is 6.92 Å². The van der Waals surface area contributed by atoms with Crippen molar-refractivity contribution in [2.24, 2.45) is 0 Å². The highest BCUT2D eigenvalue weighted by Crippen LogP contribution is 2.13. The molecular weight excluding hydrogens is 118 g/mol. The molecule has 0 saturated heterocycles. The highest BCUT2D eigenvalue weighted by molar-refractivity contribution is 8.02. The van der Waals surface area contributed by atoms with Crippen molar-refractivity contribution in [2.75, 3.05) is 6.26 Å². The summed E-state index contributed by atoms with van der Waals surface area (Å²) in [7, 11) is 0. The van der Waals surface area contributed by atoms with Gasteiger partial charge in [-0.05, 0) is 23.7 Å². The highest BCUT2D eigenvalue weighted by atomic mass is 32.2. The van der Waals surface area contributed by atoms with E-state index in [1.807, 2.05) is 12.3 Å². The smallest absolute Gasteiger partial charge is 0.0185 e. The molecule has 0 aromatic rings. The zero-order valence-corrected chi connectivity index (χ0v) is 6.09. The molecule has 0 unspecified atom stereocenters. The summed E-state index contributed by atoms with van der Waals surface area (Å²) in [5.41, 5.74) is 0. The Bertz CT molecular complexity index is 90.7. The van der Waals surface area contributed by atoms with Crippen LogP contribution in [0.2, 0.25) is 0 Å². The fraction of sp³-hybridized carbons (Fsp3) is 0.500. The molecule has 0 aromatic heterocycles. The molecule has 0 radical (unpaired) electrons. The quantitative estimate of drug-likeness (QED) is 0.581. The fourth-order valence-electron chi connectivity index (χ4n) is 0.423. The first-order chi connectivity index (χ1) is 3.85. The normalized spacial score (nSPS) is 11.5. The van der Waals surface area contributed by atoms with Gasteiger partial charge in [0.25, 0.3) is 0 Å². The maximum Gasteiger partial charge on any atom is 0.0185 e. The summed E-state index contributed by atoms with van der Waals surface area (Å²) in [5, 5.41) is 6.72. The number of allylic oxidation sites excluding steroid dienone is 2. The lowest BCUT2D eigenvalue weighted by Crippen LogP contribution is -1.70. The molecule has 0 aliphatic rings. The standard InChI is InChI=1S/C6H11NS/c1-3-6(8-2)4-5-7/h4-5,7H,3H2,1-2H3/b6-4+,7-5?. The van der Waals surface area contributed by atoms with E-state index in [0.717, 1.165) is 6.42 Å². The molecule has 0 aromatic carbocycles. The Morgan fingerprint density at radius 3 is 2.50 bits per heavy atom. The van der Waals surface area contributed by atoms with E-state index in [0.29, 0.717) is 0 Å². The van der Waals surface area contributed by atoms with Gasteiger partial charge in [0, 0.05) is 6.21 Å². The Kier molecular flexibility index (Phi) is 4.76. The van der Waals surface area contributed by atoms with Gasteiger partial charge in [-0.2, -0.15) is 0 Å². The average molecular weight is 129 g/mol. The average Bonchev–Trinajstić information content (AvgIpc) is 1.83. The lowest BCUT2D eigenvalue weighted by Gasteiger charge is -1.92. The van der Waals surface area contributed by atoms with Crippen LogP contribution in [0.1, 0.15) is 13.3 Å². The van der Waals surface area contributed by atoms with Gasteiger partial charge in [-0.25, -0.2) is 0 Å². The van der Waals surface area contributed by atoms with Crippen LogP contribution in [-0.2, 0) is 0 Å². The number of hydrogen-bond acceptors (Lipinski definition) is 2. The van der Waals surface area contributed by atoms with Crippen molar-refractivity contribution >= 4 is 18.0 Å². The van der Waals surface area contributed by atoms with Crippen molar-refractivity contribution in [1.82, 2.24) is 0 Å². The molecule has 0 saturated carbocycles. The van der Waals surface area contributed by atoms with Crippen LogP contribution in [0.3, 0.4) is 0 Å². The number of rotatable bonds is 3. The minimum absolute atomic E-state index is 1.04. The molecule has 1 nitrogen and oxygen atoms in total. The molecule has 8 heavy (non-hydrogen) atoms. The third-order valence-electron chi connectivity index (χ3n) is 0.880. The van der Waals surface area contributed by atoms with Crippen LogP contribution in [-0.4, -0.2) is 12.5 Å². The van der Waals surface area contributed by atoms with Gasteiger partial charge in [-0.3, -0.25) is 0 Å². The van der Waals surface area contributed by atoms with Gasteiger partial charge in [0.1, 0.15) is 0 Å². The molecule has 0 atom stereocenters. The number of thioether (sulfide) groups is 1. The van der Waals surface area contributed by atoms with Gasteiger partial charge < -0.3 is 5.41 Å². The Labute approximate surface area is 54.7 Å². The van der Waals surface area contributed by atoms with Gasteiger partial charge in [0.15, 0.2) is 0 Å². The maximum absolute atomic E-state index is 6.72. The third kappa shape index (κ3) is 2.86. The second kappa shape index (κ2) is 4.91. The first-order valence-corrected chi connectivity index (χ1v) is 3.81. The van der Waals surface area contributed by atoms with Crippen LogP contribution in [0.25, 0.3) is 0 Å². The zero-order valence-electron chi connectivity index (χ0n) is 5.27. The van der Waals surface area contributed by atoms with Crippen molar-refractivity contribution in [2.45, 2.75) is 13.3 Å². The largest absolute Gasteiger partial charge is 0.309 e. The third-order valence-corrected chi connectivity index (χ3v) is 1.83. The van der Waals surface area contributed by atoms with Crippen LogP contribution in [0, 0.1) is 5.41 Å². The van der Waals surface area contributed by atoms with Crippen molar-refractivity contribution in [1.29, 1.82) is 5.41 Å². The summed E-state index contributed by atoms with van der Waals surface area (Å²) >= 11 is 1.70. The molecule has 0 bridgehead atoms. The Hall–Kier alpha value is -0.240. The Morgan fingerprint density at radius 1 is 1.75 bits per heavy atom. The first kappa shape index (κ1) is 7.76. The number of nitrogens with one attached hydrogen (secondary N) is 1. The molecule has 0 amide bonds. The van der Waals surface area contributed by atoms with Gasteiger partial charge >= 0.3 is 0 Å². The summed E-state index contributed by atoms with van der Waals surface area (Å²) < 4.78 is 0. The van der Waals surface area contributed by atoms with E-state index in [-0.39, 0.29) is 0 Å². The summed E-state index contributed by atoms with van der Waals surface area (Å²) in [4.78, 5) is 1.26. The summed E-state index contributed by atoms with van der Waals surface area (Å²) in [5.74, 6) is 0. The van der Waals surface area contributed by atoms with Crippen molar-refractivity contribution in [3.05, 3.63) is 11.0 Å². The lowest BCUT2D eigenvalue weighted by molar-refractivity contribution is 1.20. The molecule has 0 fully saturated rings. The van der Waals surface area contributed by atoms with Gasteiger partial charge in [0.05, 0.1) is 0 Å². The van der Waals surface area contributed by atoms with E-state index < -0.39 is 0 Å². The Morgan fingerprint density at radius 2 is 2.38 bits per heavy atom. The molecule has 0 rings (SSSR count). The monoisotopic (exact) mass is 129 g/mol. The molecular formula is C6H11NS. The van der Waals surface area contributed by atoms with E-state index in [1.165, 1.54) is 11.1 Å². The topological polar surface area (TPSA) is 23.9 Å². The fourth-order valence-corrected chi connectivity index (χ4v) is 0.916. The predicted molar refractivity (Wildman–Crippen MR) is 40.7 cm³/mol. The molecule has 0 spiro atoms. The molecule has 1 N–H and O–H groups in total. The minimum atomic E-state index is 1.04. The van der Waals surface area contributed by atoms with Crippen LogP contribution < -0.4 is 0 Å². The minimum Gasteiger partial charge on any atom is -0.309 e. The molecule has 0 aliphatic heterocycles.